The molecule has 0 amide bonds. The highest BCUT2D eigenvalue weighted by Gasteiger charge is 2.22. The van der Waals surface area contributed by atoms with Crippen LogP contribution >= 0.6 is 0 Å². The molecule has 0 aromatic carbocycles. The van der Waals surface area contributed by atoms with Crippen molar-refractivity contribution >= 4 is 5.78 Å². The minimum atomic E-state index is 0.0699. The molecule has 1 aliphatic heterocycles. The van der Waals surface area contributed by atoms with E-state index in [0.29, 0.717) is 12.2 Å². The molecule has 2 heterocycles. The first kappa shape index (κ1) is 11.3. The van der Waals surface area contributed by atoms with Crippen LogP contribution in [0.1, 0.15) is 31.2 Å². The SMILES string of the molecule is CCn1nc(C)cc1CC(=O)C1CCCN1. The highest BCUT2D eigenvalue weighted by Crippen LogP contribution is 2.11. The van der Waals surface area contributed by atoms with Crippen molar-refractivity contribution in [2.45, 2.75) is 45.7 Å². The maximum atomic E-state index is 12.0. The van der Waals surface area contributed by atoms with E-state index in [2.05, 4.69) is 10.4 Å². The molecule has 0 radical (unpaired) electrons. The third kappa shape index (κ3) is 2.32. The number of ketones is 1. The summed E-state index contributed by atoms with van der Waals surface area (Å²) in [5.41, 5.74) is 2.03. The Morgan fingerprint density at radius 2 is 2.50 bits per heavy atom. The monoisotopic (exact) mass is 221 g/mol. The lowest BCUT2D eigenvalue weighted by Crippen LogP contribution is -2.32. The van der Waals surface area contributed by atoms with Crippen LogP contribution in [0.2, 0.25) is 0 Å². The van der Waals surface area contributed by atoms with Crippen LogP contribution in [0.3, 0.4) is 0 Å². The average molecular weight is 221 g/mol. The standard InChI is InChI=1S/C12H19N3O/c1-3-15-10(7-9(2)14-15)8-12(16)11-5-4-6-13-11/h7,11,13H,3-6,8H2,1-2H3. The Labute approximate surface area is 96.0 Å². The van der Waals surface area contributed by atoms with Gasteiger partial charge in [-0.15, -0.1) is 0 Å². The van der Waals surface area contributed by atoms with Crippen molar-refractivity contribution in [2.75, 3.05) is 6.54 Å². The molecule has 0 spiro atoms. The van der Waals surface area contributed by atoms with Gasteiger partial charge in [-0.2, -0.15) is 5.10 Å². The molecule has 1 unspecified atom stereocenters. The number of hydrogen-bond acceptors (Lipinski definition) is 3. The van der Waals surface area contributed by atoms with Crippen molar-refractivity contribution in [2.24, 2.45) is 0 Å². The van der Waals surface area contributed by atoms with Crippen LogP contribution in [0.4, 0.5) is 0 Å². The number of nitrogens with zero attached hydrogens (tertiary/aromatic N) is 2. The summed E-state index contributed by atoms with van der Waals surface area (Å²) in [5, 5.41) is 7.59. The number of rotatable bonds is 4. The van der Waals surface area contributed by atoms with Crippen molar-refractivity contribution in [3.8, 4) is 0 Å². The van der Waals surface area contributed by atoms with Gasteiger partial charge in [0.1, 0.15) is 0 Å². The molecule has 1 aromatic heterocycles. The summed E-state index contributed by atoms with van der Waals surface area (Å²) in [7, 11) is 0. The fraction of sp³-hybridized carbons (Fsp3) is 0.667. The van der Waals surface area contributed by atoms with Crippen LogP contribution in [0.5, 0.6) is 0 Å². The van der Waals surface area contributed by atoms with E-state index < -0.39 is 0 Å². The second-order valence-corrected chi connectivity index (χ2v) is 4.38. The summed E-state index contributed by atoms with van der Waals surface area (Å²) >= 11 is 0. The van der Waals surface area contributed by atoms with Gasteiger partial charge >= 0.3 is 0 Å². The highest BCUT2D eigenvalue weighted by molar-refractivity contribution is 5.86. The summed E-state index contributed by atoms with van der Waals surface area (Å²) < 4.78 is 1.92. The zero-order chi connectivity index (χ0) is 11.5. The lowest BCUT2D eigenvalue weighted by atomic mass is 10.1. The van der Waals surface area contributed by atoms with Gasteiger partial charge in [0.05, 0.1) is 18.2 Å². The van der Waals surface area contributed by atoms with Gasteiger partial charge in [-0.1, -0.05) is 0 Å². The highest BCUT2D eigenvalue weighted by atomic mass is 16.1. The van der Waals surface area contributed by atoms with Gasteiger partial charge in [-0.05, 0) is 39.3 Å². The maximum Gasteiger partial charge on any atom is 0.155 e. The summed E-state index contributed by atoms with van der Waals surface area (Å²) in [6, 6.07) is 2.08. The van der Waals surface area contributed by atoms with Gasteiger partial charge in [-0.25, -0.2) is 0 Å². The number of aryl methyl sites for hydroxylation is 2. The molecule has 1 aliphatic rings. The molecule has 1 fully saturated rings. The zero-order valence-electron chi connectivity index (χ0n) is 9.99. The Kier molecular flexibility index (Phi) is 3.39. The van der Waals surface area contributed by atoms with Crippen LogP contribution in [0, 0.1) is 6.92 Å². The van der Waals surface area contributed by atoms with Crippen LogP contribution in [0.25, 0.3) is 0 Å². The largest absolute Gasteiger partial charge is 0.307 e. The predicted molar refractivity (Wildman–Crippen MR) is 62.4 cm³/mol. The maximum absolute atomic E-state index is 12.0. The summed E-state index contributed by atoms with van der Waals surface area (Å²) in [4.78, 5) is 12.0. The molecule has 0 bridgehead atoms. The minimum absolute atomic E-state index is 0.0699. The minimum Gasteiger partial charge on any atom is -0.307 e. The number of hydrogen-bond donors (Lipinski definition) is 1. The lowest BCUT2D eigenvalue weighted by molar-refractivity contribution is -0.120. The van der Waals surface area contributed by atoms with Crippen molar-refractivity contribution in [3.05, 3.63) is 17.5 Å². The molecule has 88 valence electrons. The summed E-state index contributed by atoms with van der Waals surface area (Å²) in [5.74, 6) is 0.298. The Bertz CT molecular complexity index is 378. The van der Waals surface area contributed by atoms with Crippen molar-refractivity contribution in [1.82, 2.24) is 15.1 Å². The van der Waals surface area contributed by atoms with E-state index in [1.165, 1.54) is 0 Å². The van der Waals surface area contributed by atoms with Gasteiger partial charge in [0.15, 0.2) is 5.78 Å². The molecule has 0 saturated carbocycles. The van der Waals surface area contributed by atoms with Gasteiger partial charge in [0.25, 0.3) is 0 Å². The molecule has 1 atom stereocenters. The zero-order valence-corrected chi connectivity index (χ0v) is 9.99. The van der Waals surface area contributed by atoms with Crippen molar-refractivity contribution in [1.29, 1.82) is 0 Å². The Morgan fingerprint density at radius 3 is 3.12 bits per heavy atom. The second-order valence-electron chi connectivity index (χ2n) is 4.38. The Morgan fingerprint density at radius 1 is 1.69 bits per heavy atom. The van der Waals surface area contributed by atoms with Crippen LogP contribution in [0.15, 0.2) is 6.07 Å². The molecule has 1 N–H and O–H groups in total. The van der Waals surface area contributed by atoms with E-state index in [-0.39, 0.29) is 6.04 Å². The van der Waals surface area contributed by atoms with Gasteiger partial charge in [-0.3, -0.25) is 9.48 Å². The van der Waals surface area contributed by atoms with Gasteiger partial charge in [0.2, 0.25) is 0 Å². The van der Waals surface area contributed by atoms with Crippen molar-refractivity contribution in [3.63, 3.8) is 0 Å². The van der Waals surface area contributed by atoms with Crippen molar-refractivity contribution < 1.29 is 4.79 Å². The molecular weight excluding hydrogens is 202 g/mol. The summed E-state index contributed by atoms with van der Waals surface area (Å²) in [6.45, 7) is 5.82. The fourth-order valence-electron chi connectivity index (χ4n) is 2.28. The number of aromatic nitrogens is 2. The molecule has 1 aromatic rings. The first-order valence-electron chi connectivity index (χ1n) is 6.00. The van der Waals surface area contributed by atoms with Gasteiger partial charge in [0, 0.05) is 12.2 Å². The third-order valence-corrected chi connectivity index (χ3v) is 3.09. The van der Waals surface area contributed by atoms with E-state index in [1.807, 2.05) is 24.6 Å². The number of Topliss-reactive ketones (excluding diaryl/α,β-unsaturated/α-hetero) is 1. The molecule has 16 heavy (non-hydrogen) atoms. The summed E-state index contributed by atoms with van der Waals surface area (Å²) in [6.07, 6.45) is 2.60. The normalized spacial score (nSPS) is 20.2. The first-order valence-corrected chi connectivity index (χ1v) is 6.00. The average Bonchev–Trinajstić information content (AvgIpc) is 2.87. The van der Waals surface area contributed by atoms with Crippen LogP contribution in [-0.2, 0) is 17.8 Å². The number of carbonyl (C=O) groups excluding carboxylic acids is 1. The Hall–Kier alpha value is -1.16. The molecule has 2 rings (SSSR count). The molecule has 1 saturated heterocycles. The van der Waals surface area contributed by atoms with E-state index >= 15 is 0 Å². The number of nitrogens with one attached hydrogen (secondary N) is 1. The third-order valence-electron chi connectivity index (χ3n) is 3.09. The number of carbonyl (C=O) groups is 1. The van der Waals surface area contributed by atoms with Crippen LogP contribution in [-0.4, -0.2) is 28.2 Å². The molecular formula is C12H19N3O. The quantitative estimate of drug-likeness (QED) is 0.827. The molecule has 4 nitrogen and oxygen atoms in total. The topological polar surface area (TPSA) is 46.9 Å². The van der Waals surface area contributed by atoms with E-state index in [0.717, 1.165) is 37.3 Å². The second kappa shape index (κ2) is 4.78. The van der Waals surface area contributed by atoms with E-state index in [9.17, 15) is 4.79 Å². The predicted octanol–water partition coefficient (Wildman–Crippen LogP) is 1.08. The molecule has 4 heteroatoms. The van der Waals surface area contributed by atoms with E-state index in [4.69, 9.17) is 0 Å². The smallest absolute Gasteiger partial charge is 0.155 e. The first-order chi connectivity index (χ1) is 7.70. The fourth-order valence-corrected chi connectivity index (χ4v) is 2.28. The van der Waals surface area contributed by atoms with E-state index in [1.54, 1.807) is 0 Å². The van der Waals surface area contributed by atoms with Gasteiger partial charge < -0.3 is 5.32 Å². The Balaban J connectivity index is 2.04. The molecule has 0 aliphatic carbocycles. The van der Waals surface area contributed by atoms with Crippen LogP contribution < -0.4 is 5.32 Å². The lowest BCUT2D eigenvalue weighted by Gasteiger charge is -2.09.